The number of rotatable bonds is 5. The Morgan fingerprint density at radius 2 is 2.00 bits per heavy atom. The van der Waals surface area contributed by atoms with Gasteiger partial charge in [0.05, 0.1) is 17.4 Å². The van der Waals surface area contributed by atoms with Gasteiger partial charge in [-0.3, -0.25) is 9.78 Å². The quantitative estimate of drug-likeness (QED) is 0.720. The zero-order valence-electron chi connectivity index (χ0n) is 14.2. The number of aromatic nitrogens is 3. The lowest BCUT2D eigenvalue weighted by atomic mass is 10.0. The molecule has 1 fully saturated rings. The average molecular weight is 334 g/mol. The van der Waals surface area contributed by atoms with E-state index in [4.69, 9.17) is 0 Å². The molecule has 0 radical (unpaired) electrons. The van der Waals surface area contributed by atoms with Crippen LogP contribution in [0.3, 0.4) is 0 Å². The number of benzene rings is 1. The third kappa shape index (κ3) is 3.40. The van der Waals surface area contributed by atoms with E-state index in [1.54, 1.807) is 6.33 Å². The molecule has 5 heteroatoms. The highest BCUT2D eigenvalue weighted by Crippen LogP contribution is 2.23. The molecular weight excluding hydrogens is 312 g/mol. The van der Waals surface area contributed by atoms with E-state index in [1.165, 1.54) is 5.56 Å². The Morgan fingerprint density at radius 1 is 1.16 bits per heavy atom. The molecule has 3 heterocycles. The maximum absolute atomic E-state index is 12.8. The minimum Gasteiger partial charge on any atom is -0.338 e. The molecule has 0 unspecified atom stereocenters. The second-order valence-electron chi connectivity index (χ2n) is 6.64. The van der Waals surface area contributed by atoms with E-state index >= 15 is 0 Å². The summed E-state index contributed by atoms with van der Waals surface area (Å²) in [6, 6.07) is 12.4. The van der Waals surface area contributed by atoms with E-state index in [-0.39, 0.29) is 5.91 Å². The van der Waals surface area contributed by atoms with Crippen LogP contribution in [-0.4, -0.2) is 37.9 Å². The first-order valence-corrected chi connectivity index (χ1v) is 8.89. The predicted octanol–water partition coefficient (Wildman–Crippen LogP) is 3.06. The Labute approximate surface area is 147 Å². The number of likely N-dealkylation sites (tertiary alicyclic amines) is 1. The lowest BCUT2D eigenvalue weighted by molar-refractivity contribution is -0.132. The summed E-state index contributed by atoms with van der Waals surface area (Å²) in [7, 11) is 0. The molecule has 5 nitrogen and oxygen atoms in total. The monoisotopic (exact) mass is 334 g/mol. The van der Waals surface area contributed by atoms with E-state index in [1.807, 2.05) is 41.2 Å². The van der Waals surface area contributed by atoms with Crippen LogP contribution in [0.25, 0.3) is 11.0 Å². The molecule has 1 aliphatic heterocycles. The SMILES string of the molecule is O=C(Cn1cnc2ccccc21)N1CCC[C@@H]1CCc1ccncc1. The van der Waals surface area contributed by atoms with Gasteiger partial charge in [-0.25, -0.2) is 4.98 Å². The highest BCUT2D eigenvalue weighted by atomic mass is 16.2. The summed E-state index contributed by atoms with van der Waals surface area (Å²) in [6.45, 7) is 1.23. The van der Waals surface area contributed by atoms with Crippen molar-refractivity contribution in [2.75, 3.05) is 6.54 Å². The van der Waals surface area contributed by atoms with Crippen molar-refractivity contribution in [1.29, 1.82) is 0 Å². The van der Waals surface area contributed by atoms with E-state index in [2.05, 4.69) is 27.0 Å². The van der Waals surface area contributed by atoms with Gasteiger partial charge in [0.15, 0.2) is 0 Å². The predicted molar refractivity (Wildman–Crippen MR) is 97.0 cm³/mol. The summed E-state index contributed by atoms with van der Waals surface area (Å²) in [5, 5.41) is 0. The second kappa shape index (κ2) is 7.05. The van der Waals surface area contributed by atoms with Crippen LogP contribution in [0.15, 0.2) is 55.1 Å². The number of nitrogens with zero attached hydrogens (tertiary/aromatic N) is 4. The highest BCUT2D eigenvalue weighted by molar-refractivity contribution is 5.80. The molecule has 1 saturated heterocycles. The van der Waals surface area contributed by atoms with Crippen LogP contribution in [0.4, 0.5) is 0 Å². The van der Waals surface area contributed by atoms with Crippen molar-refractivity contribution in [3.05, 3.63) is 60.7 Å². The molecule has 2 aromatic heterocycles. The third-order valence-corrected chi connectivity index (χ3v) is 5.05. The molecule has 1 atom stereocenters. The molecule has 1 amide bonds. The van der Waals surface area contributed by atoms with Crippen LogP contribution in [0, 0.1) is 0 Å². The number of hydrogen-bond acceptors (Lipinski definition) is 3. The van der Waals surface area contributed by atoms with Crippen LogP contribution in [-0.2, 0) is 17.8 Å². The maximum atomic E-state index is 12.8. The van der Waals surface area contributed by atoms with Gasteiger partial charge < -0.3 is 9.47 Å². The molecular formula is C20H22N4O. The first kappa shape index (κ1) is 15.8. The number of carbonyl (C=O) groups is 1. The fourth-order valence-corrected chi connectivity index (χ4v) is 3.72. The molecule has 4 rings (SSSR count). The van der Waals surface area contributed by atoms with Crippen molar-refractivity contribution in [2.45, 2.75) is 38.3 Å². The van der Waals surface area contributed by atoms with Crippen molar-refractivity contribution in [3.63, 3.8) is 0 Å². The molecule has 128 valence electrons. The van der Waals surface area contributed by atoms with E-state index in [0.29, 0.717) is 12.6 Å². The second-order valence-corrected chi connectivity index (χ2v) is 6.64. The van der Waals surface area contributed by atoms with Crippen molar-refractivity contribution in [3.8, 4) is 0 Å². The Hall–Kier alpha value is -2.69. The molecule has 3 aromatic rings. The van der Waals surface area contributed by atoms with Crippen LogP contribution >= 0.6 is 0 Å². The average Bonchev–Trinajstić information content (AvgIpc) is 3.28. The van der Waals surface area contributed by atoms with E-state index in [0.717, 1.165) is 43.3 Å². The van der Waals surface area contributed by atoms with Crippen LogP contribution < -0.4 is 0 Å². The third-order valence-electron chi connectivity index (χ3n) is 5.05. The van der Waals surface area contributed by atoms with Gasteiger partial charge in [-0.05, 0) is 55.5 Å². The Balaban J connectivity index is 1.42. The van der Waals surface area contributed by atoms with Gasteiger partial charge in [-0.15, -0.1) is 0 Å². The minimum absolute atomic E-state index is 0.195. The fourth-order valence-electron chi connectivity index (χ4n) is 3.72. The maximum Gasteiger partial charge on any atom is 0.242 e. The van der Waals surface area contributed by atoms with Gasteiger partial charge in [0, 0.05) is 25.0 Å². The zero-order chi connectivity index (χ0) is 17.1. The van der Waals surface area contributed by atoms with Crippen LogP contribution in [0.5, 0.6) is 0 Å². The summed E-state index contributed by atoms with van der Waals surface area (Å²) in [5.74, 6) is 0.195. The van der Waals surface area contributed by atoms with Gasteiger partial charge in [0.1, 0.15) is 6.54 Å². The number of hydrogen-bond donors (Lipinski definition) is 0. The Morgan fingerprint density at radius 3 is 2.88 bits per heavy atom. The number of pyridine rings is 1. The molecule has 1 aromatic carbocycles. The van der Waals surface area contributed by atoms with Crippen LogP contribution in [0.2, 0.25) is 0 Å². The summed E-state index contributed by atoms with van der Waals surface area (Å²) in [4.78, 5) is 23.4. The number of imidazole rings is 1. The summed E-state index contributed by atoms with van der Waals surface area (Å²) in [5.41, 5.74) is 3.24. The largest absolute Gasteiger partial charge is 0.338 e. The van der Waals surface area contributed by atoms with Crippen molar-refractivity contribution >= 4 is 16.9 Å². The number of para-hydroxylation sites is 2. The van der Waals surface area contributed by atoms with Gasteiger partial charge in [-0.2, -0.15) is 0 Å². The van der Waals surface area contributed by atoms with Crippen molar-refractivity contribution in [1.82, 2.24) is 19.4 Å². The lowest BCUT2D eigenvalue weighted by Crippen LogP contribution is -2.37. The normalized spacial score (nSPS) is 17.3. The fraction of sp³-hybridized carbons (Fsp3) is 0.350. The first-order valence-electron chi connectivity index (χ1n) is 8.89. The molecule has 0 spiro atoms. The van der Waals surface area contributed by atoms with Gasteiger partial charge in [0.25, 0.3) is 0 Å². The Bertz CT molecular complexity index is 858. The molecule has 0 N–H and O–H groups in total. The lowest BCUT2D eigenvalue weighted by Gasteiger charge is -2.25. The topological polar surface area (TPSA) is 51.0 Å². The van der Waals surface area contributed by atoms with Crippen molar-refractivity contribution in [2.24, 2.45) is 0 Å². The molecule has 25 heavy (non-hydrogen) atoms. The van der Waals surface area contributed by atoms with Crippen molar-refractivity contribution < 1.29 is 4.79 Å². The van der Waals surface area contributed by atoms with Gasteiger partial charge >= 0.3 is 0 Å². The number of carbonyl (C=O) groups excluding carboxylic acids is 1. The summed E-state index contributed by atoms with van der Waals surface area (Å²) in [6.07, 6.45) is 9.63. The highest BCUT2D eigenvalue weighted by Gasteiger charge is 2.28. The summed E-state index contributed by atoms with van der Waals surface area (Å²) < 4.78 is 1.95. The van der Waals surface area contributed by atoms with Crippen LogP contribution in [0.1, 0.15) is 24.8 Å². The molecule has 0 bridgehead atoms. The number of fused-ring (bicyclic) bond motifs is 1. The smallest absolute Gasteiger partial charge is 0.242 e. The van der Waals surface area contributed by atoms with Gasteiger partial charge in [0.2, 0.25) is 5.91 Å². The van der Waals surface area contributed by atoms with E-state index < -0.39 is 0 Å². The molecule has 0 saturated carbocycles. The Kier molecular flexibility index (Phi) is 4.46. The molecule has 0 aliphatic carbocycles. The first-order chi connectivity index (χ1) is 12.3. The van der Waals surface area contributed by atoms with Gasteiger partial charge in [-0.1, -0.05) is 12.1 Å². The van der Waals surface area contributed by atoms with E-state index in [9.17, 15) is 4.79 Å². The summed E-state index contributed by atoms with van der Waals surface area (Å²) >= 11 is 0. The number of aryl methyl sites for hydroxylation is 1. The zero-order valence-corrected chi connectivity index (χ0v) is 14.2. The standard InChI is InChI=1S/C20H22N4O/c25-20(14-23-15-22-18-5-1-2-6-19(18)23)24-13-3-4-17(24)8-7-16-9-11-21-12-10-16/h1-2,5-6,9-12,15,17H,3-4,7-8,13-14H2/t17-/m1/s1. The number of amides is 1. The molecule has 1 aliphatic rings. The minimum atomic E-state index is 0.195.